The molecule has 98 valence electrons. The van der Waals surface area contributed by atoms with E-state index in [0.717, 1.165) is 18.1 Å². The van der Waals surface area contributed by atoms with Crippen LogP contribution >= 0.6 is 0 Å². The second-order valence-corrected chi connectivity index (χ2v) is 5.33. The van der Waals surface area contributed by atoms with Gasteiger partial charge in [-0.25, -0.2) is 9.97 Å². The summed E-state index contributed by atoms with van der Waals surface area (Å²) in [6, 6.07) is 9.14. The molecule has 0 unspecified atom stereocenters. The van der Waals surface area contributed by atoms with Crippen molar-refractivity contribution in [1.29, 1.82) is 0 Å². The number of hydrogen-bond acceptors (Lipinski definition) is 3. The lowest BCUT2D eigenvalue weighted by Crippen LogP contribution is -2.17. The van der Waals surface area contributed by atoms with Crippen LogP contribution < -0.4 is 5.32 Å². The van der Waals surface area contributed by atoms with E-state index in [1.807, 2.05) is 12.3 Å². The van der Waals surface area contributed by atoms with Gasteiger partial charge in [0.2, 0.25) is 0 Å². The molecule has 0 saturated heterocycles. The van der Waals surface area contributed by atoms with E-state index in [0.29, 0.717) is 6.04 Å². The Hall–Kier alpha value is -1.74. The lowest BCUT2D eigenvalue weighted by Gasteiger charge is -2.08. The maximum absolute atomic E-state index is 4.66. The molecule has 0 atom stereocenters. The number of aryl methyl sites for hydroxylation is 2. The lowest BCUT2D eigenvalue weighted by atomic mass is 10.0. The fourth-order valence-corrected chi connectivity index (χ4v) is 2.26. The van der Waals surface area contributed by atoms with Crippen LogP contribution in [0.3, 0.4) is 0 Å². The van der Waals surface area contributed by atoms with E-state index in [9.17, 15) is 0 Å². The SMILES string of the molecule is Cc1ccc(-c2ccnc(CNC3CC3)n2)c(C)c1. The zero-order valence-corrected chi connectivity index (χ0v) is 11.5. The first kappa shape index (κ1) is 12.3. The van der Waals surface area contributed by atoms with Gasteiger partial charge in [0.05, 0.1) is 12.2 Å². The minimum absolute atomic E-state index is 0.688. The molecule has 1 aromatic heterocycles. The normalized spacial score (nSPS) is 14.6. The number of rotatable bonds is 4. The second kappa shape index (κ2) is 5.10. The average Bonchev–Trinajstić information content (AvgIpc) is 3.21. The second-order valence-electron chi connectivity index (χ2n) is 5.33. The fraction of sp³-hybridized carbons (Fsp3) is 0.375. The van der Waals surface area contributed by atoms with E-state index in [1.54, 1.807) is 0 Å². The molecule has 0 spiro atoms. The predicted octanol–water partition coefficient (Wildman–Crippen LogP) is 3.01. The number of benzene rings is 1. The van der Waals surface area contributed by atoms with Crippen LogP contribution in [0.25, 0.3) is 11.3 Å². The summed E-state index contributed by atoms with van der Waals surface area (Å²) in [6.45, 7) is 5.01. The van der Waals surface area contributed by atoms with Gasteiger partial charge >= 0.3 is 0 Å². The topological polar surface area (TPSA) is 37.8 Å². The van der Waals surface area contributed by atoms with Crippen molar-refractivity contribution >= 4 is 0 Å². The van der Waals surface area contributed by atoms with Crippen molar-refractivity contribution in [3.05, 3.63) is 47.4 Å². The largest absolute Gasteiger partial charge is 0.307 e. The lowest BCUT2D eigenvalue weighted by molar-refractivity contribution is 0.658. The van der Waals surface area contributed by atoms with Gasteiger partial charge in [0.25, 0.3) is 0 Å². The smallest absolute Gasteiger partial charge is 0.142 e. The molecule has 3 rings (SSSR count). The van der Waals surface area contributed by atoms with Crippen molar-refractivity contribution < 1.29 is 0 Å². The highest BCUT2D eigenvalue weighted by Crippen LogP contribution is 2.22. The highest BCUT2D eigenvalue weighted by molar-refractivity contribution is 5.63. The van der Waals surface area contributed by atoms with Gasteiger partial charge in [0, 0.05) is 17.8 Å². The summed E-state index contributed by atoms with van der Waals surface area (Å²) in [5.74, 6) is 0.879. The highest BCUT2D eigenvalue weighted by Gasteiger charge is 2.20. The monoisotopic (exact) mass is 253 g/mol. The summed E-state index contributed by atoms with van der Waals surface area (Å²) in [5.41, 5.74) is 4.76. The summed E-state index contributed by atoms with van der Waals surface area (Å²) in [7, 11) is 0. The quantitative estimate of drug-likeness (QED) is 0.910. The van der Waals surface area contributed by atoms with Crippen LogP contribution in [0.5, 0.6) is 0 Å². The van der Waals surface area contributed by atoms with E-state index in [4.69, 9.17) is 0 Å². The third-order valence-electron chi connectivity index (χ3n) is 3.49. The third-order valence-corrected chi connectivity index (χ3v) is 3.49. The Labute approximate surface area is 114 Å². The van der Waals surface area contributed by atoms with Crippen molar-refractivity contribution in [2.24, 2.45) is 0 Å². The summed E-state index contributed by atoms with van der Waals surface area (Å²) in [5, 5.41) is 3.45. The molecule has 1 N–H and O–H groups in total. The van der Waals surface area contributed by atoms with Crippen LogP contribution in [0.15, 0.2) is 30.5 Å². The molecule has 1 heterocycles. The Bertz CT molecular complexity index is 588. The van der Waals surface area contributed by atoms with Gasteiger partial charge in [-0.05, 0) is 38.3 Å². The molecule has 3 nitrogen and oxygen atoms in total. The van der Waals surface area contributed by atoms with Gasteiger partial charge in [-0.1, -0.05) is 23.8 Å². The zero-order valence-electron chi connectivity index (χ0n) is 11.5. The number of nitrogens with zero attached hydrogens (tertiary/aromatic N) is 2. The van der Waals surface area contributed by atoms with Crippen molar-refractivity contribution in [3.8, 4) is 11.3 Å². The summed E-state index contributed by atoms with van der Waals surface area (Å²) < 4.78 is 0. The number of hydrogen-bond donors (Lipinski definition) is 1. The van der Waals surface area contributed by atoms with E-state index in [1.165, 1.54) is 29.5 Å². The van der Waals surface area contributed by atoms with E-state index < -0.39 is 0 Å². The molecule has 0 aliphatic heterocycles. The van der Waals surface area contributed by atoms with Crippen molar-refractivity contribution in [2.75, 3.05) is 0 Å². The number of nitrogens with one attached hydrogen (secondary N) is 1. The number of aromatic nitrogens is 2. The average molecular weight is 253 g/mol. The predicted molar refractivity (Wildman–Crippen MR) is 76.8 cm³/mol. The van der Waals surface area contributed by atoms with Crippen LogP contribution in [0.2, 0.25) is 0 Å². The molecule has 3 heteroatoms. The minimum Gasteiger partial charge on any atom is -0.307 e. The molecule has 1 aliphatic carbocycles. The van der Waals surface area contributed by atoms with Gasteiger partial charge in [-0.15, -0.1) is 0 Å². The van der Waals surface area contributed by atoms with Gasteiger partial charge in [0.15, 0.2) is 0 Å². The van der Waals surface area contributed by atoms with Crippen molar-refractivity contribution in [1.82, 2.24) is 15.3 Å². The summed E-state index contributed by atoms with van der Waals surface area (Å²) in [4.78, 5) is 9.00. The van der Waals surface area contributed by atoms with Crippen LogP contribution in [0.4, 0.5) is 0 Å². The first-order valence-electron chi connectivity index (χ1n) is 6.85. The molecule has 1 aliphatic rings. The third kappa shape index (κ3) is 2.99. The molecular formula is C16H19N3. The maximum Gasteiger partial charge on any atom is 0.142 e. The van der Waals surface area contributed by atoms with Gasteiger partial charge in [-0.2, -0.15) is 0 Å². The molecule has 0 bridgehead atoms. The Morgan fingerprint density at radius 3 is 2.79 bits per heavy atom. The first-order valence-corrected chi connectivity index (χ1v) is 6.85. The molecule has 2 aromatic rings. The van der Waals surface area contributed by atoms with E-state index in [-0.39, 0.29) is 0 Å². The van der Waals surface area contributed by atoms with Crippen molar-refractivity contribution in [3.63, 3.8) is 0 Å². The Morgan fingerprint density at radius 2 is 2.05 bits per heavy atom. The first-order chi connectivity index (χ1) is 9.22. The van der Waals surface area contributed by atoms with Crippen LogP contribution in [-0.4, -0.2) is 16.0 Å². The Morgan fingerprint density at radius 1 is 1.21 bits per heavy atom. The van der Waals surface area contributed by atoms with Crippen LogP contribution in [-0.2, 0) is 6.54 Å². The Balaban J connectivity index is 1.84. The molecule has 19 heavy (non-hydrogen) atoms. The maximum atomic E-state index is 4.66. The molecule has 1 fully saturated rings. The highest BCUT2D eigenvalue weighted by atomic mass is 15.0. The minimum atomic E-state index is 0.688. The van der Waals surface area contributed by atoms with E-state index >= 15 is 0 Å². The summed E-state index contributed by atoms with van der Waals surface area (Å²) >= 11 is 0. The van der Waals surface area contributed by atoms with Crippen LogP contribution in [0.1, 0.15) is 29.8 Å². The van der Waals surface area contributed by atoms with Gasteiger partial charge in [0.1, 0.15) is 5.82 Å². The van der Waals surface area contributed by atoms with Gasteiger partial charge in [-0.3, -0.25) is 0 Å². The molecule has 0 amide bonds. The van der Waals surface area contributed by atoms with E-state index in [2.05, 4.69) is 47.3 Å². The van der Waals surface area contributed by atoms with Gasteiger partial charge < -0.3 is 5.32 Å². The molecule has 1 saturated carbocycles. The zero-order chi connectivity index (χ0) is 13.2. The van der Waals surface area contributed by atoms with Crippen molar-refractivity contribution in [2.45, 2.75) is 39.3 Å². The molecule has 1 aromatic carbocycles. The standard InChI is InChI=1S/C16H19N3/c1-11-3-6-14(12(2)9-11)15-7-8-17-16(19-15)10-18-13-4-5-13/h3,6-9,13,18H,4-5,10H2,1-2H3. The molecule has 0 radical (unpaired) electrons. The Kier molecular flexibility index (Phi) is 3.30. The van der Waals surface area contributed by atoms with Crippen LogP contribution in [0, 0.1) is 13.8 Å². The summed E-state index contributed by atoms with van der Waals surface area (Å²) in [6.07, 6.45) is 4.43. The fourth-order valence-electron chi connectivity index (χ4n) is 2.26. The molecular weight excluding hydrogens is 234 g/mol.